The van der Waals surface area contributed by atoms with E-state index < -0.39 is 34.6 Å². The van der Waals surface area contributed by atoms with E-state index >= 15 is 8.78 Å². The van der Waals surface area contributed by atoms with Crippen molar-refractivity contribution in [2.45, 2.75) is 50.1 Å². The summed E-state index contributed by atoms with van der Waals surface area (Å²) >= 11 is 0. The van der Waals surface area contributed by atoms with Crippen LogP contribution in [0.5, 0.6) is 5.75 Å². The number of nitrogens with one attached hydrogen (secondary N) is 1. The predicted molar refractivity (Wildman–Crippen MR) is 132 cm³/mol. The Balaban J connectivity index is 1.93. The molecular weight excluding hydrogens is 487 g/mol. The summed E-state index contributed by atoms with van der Waals surface area (Å²) in [5.41, 5.74) is -0.795. The van der Waals surface area contributed by atoms with Gasteiger partial charge in [-0.3, -0.25) is 5.10 Å². The number of carboxylic acids is 1. The highest BCUT2D eigenvalue weighted by molar-refractivity contribution is 6.00. The van der Waals surface area contributed by atoms with E-state index in [1.807, 2.05) is 18.4 Å². The molecule has 0 bridgehead atoms. The topological polar surface area (TPSA) is 89.4 Å². The standard InChI is InChI=1S/C27H28F3N3O4/c1-26(2,13-36-3)24-20(14-7-8-27(30,11-14)25(34)35)21-18(9-15-12-31-32-23(15)22(21)29)33(24)16-5-6-17(28)19(10-16)37-4/h5-6,9-10,12,14H,7-8,11,13H2,1-4H3,(H,31,32)(H,34,35)/t14-,27+/m1/s1. The second kappa shape index (κ2) is 8.79. The first-order valence-corrected chi connectivity index (χ1v) is 12.0. The quantitative estimate of drug-likeness (QED) is 0.326. The molecule has 10 heteroatoms. The highest BCUT2D eigenvalue weighted by atomic mass is 19.1. The predicted octanol–water partition coefficient (Wildman–Crippen LogP) is 5.78. The number of fused-ring (bicyclic) bond motifs is 2. The molecule has 2 heterocycles. The Bertz CT molecular complexity index is 1530. The summed E-state index contributed by atoms with van der Waals surface area (Å²) in [5, 5.41) is 17.0. The van der Waals surface area contributed by atoms with Crippen molar-refractivity contribution in [1.29, 1.82) is 0 Å². The molecule has 1 aliphatic carbocycles. The largest absolute Gasteiger partial charge is 0.494 e. The van der Waals surface area contributed by atoms with Crippen LogP contribution in [0.25, 0.3) is 27.5 Å². The van der Waals surface area contributed by atoms with Crippen LogP contribution in [0.2, 0.25) is 0 Å². The normalized spacial score (nSPS) is 20.2. The van der Waals surface area contributed by atoms with E-state index in [2.05, 4.69) is 10.2 Å². The molecule has 0 saturated heterocycles. The first-order valence-electron chi connectivity index (χ1n) is 12.0. The molecule has 0 amide bonds. The Labute approximate surface area is 211 Å². The van der Waals surface area contributed by atoms with Gasteiger partial charge in [-0.15, -0.1) is 0 Å². The Morgan fingerprint density at radius 2 is 2.05 bits per heavy atom. The molecule has 0 unspecified atom stereocenters. The summed E-state index contributed by atoms with van der Waals surface area (Å²) < 4.78 is 58.5. The first-order chi connectivity index (χ1) is 17.5. The van der Waals surface area contributed by atoms with Gasteiger partial charge in [0.05, 0.1) is 25.4 Å². The van der Waals surface area contributed by atoms with Gasteiger partial charge in [0, 0.05) is 40.7 Å². The third-order valence-electron chi connectivity index (χ3n) is 7.43. The van der Waals surface area contributed by atoms with Crippen molar-refractivity contribution in [3.63, 3.8) is 0 Å². The van der Waals surface area contributed by atoms with Gasteiger partial charge in [0.2, 0.25) is 5.67 Å². The number of carboxylic acid groups (broad SMARTS) is 1. The number of benzene rings is 2. The number of halogens is 3. The van der Waals surface area contributed by atoms with Crippen LogP contribution in [-0.4, -0.2) is 52.3 Å². The number of nitrogens with zero attached hydrogens (tertiary/aromatic N) is 2. The molecule has 0 spiro atoms. The average Bonchev–Trinajstić information content (AvgIpc) is 3.56. The van der Waals surface area contributed by atoms with Crippen molar-refractivity contribution in [3.05, 3.63) is 53.4 Å². The molecule has 37 heavy (non-hydrogen) atoms. The first kappa shape index (κ1) is 25.1. The number of H-pyrrole nitrogens is 1. The van der Waals surface area contributed by atoms with E-state index in [4.69, 9.17) is 9.47 Å². The van der Waals surface area contributed by atoms with Gasteiger partial charge in [-0.1, -0.05) is 13.8 Å². The van der Waals surface area contributed by atoms with Crippen LogP contribution < -0.4 is 4.74 Å². The SMILES string of the molecule is COCC(C)(C)c1c([C@@H]2CC[C@@](F)(C(=O)O)C2)c2c(F)c3[nH]ncc3cc2n1-c1ccc(F)c(OC)c1. The molecule has 196 valence electrons. The van der Waals surface area contributed by atoms with Crippen LogP contribution >= 0.6 is 0 Å². The minimum absolute atomic E-state index is 0.00998. The van der Waals surface area contributed by atoms with Crippen LogP contribution in [0.3, 0.4) is 0 Å². The van der Waals surface area contributed by atoms with E-state index in [-0.39, 0.29) is 42.5 Å². The van der Waals surface area contributed by atoms with E-state index in [9.17, 15) is 14.3 Å². The molecule has 1 aliphatic rings. The second-order valence-electron chi connectivity index (χ2n) is 10.4. The highest BCUT2D eigenvalue weighted by Crippen LogP contribution is 2.51. The summed E-state index contributed by atoms with van der Waals surface area (Å²) in [6, 6.07) is 6.13. The van der Waals surface area contributed by atoms with Crippen molar-refractivity contribution in [2.24, 2.45) is 0 Å². The molecule has 4 aromatic rings. The Kier molecular flexibility index (Phi) is 5.97. The molecule has 5 rings (SSSR count). The molecule has 2 aromatic heterocycles. The number of rotatable bonds is 7. The Morgan fingerprint density at radius 1 is 1.30 bits per heavy atom. The van der Waals surface area contributed by atoms with E-state index in [0.29, 0.717) is 27.8 Å². The van der Waals surface area contributed by atoms with E-state index in [1.54, 1.807) is 19.2 Å². The third-order valence-corrected chi connectivity index (χ3v) is 7.43. The van der Waals surface area contributed by atoms with Gasteiger partial charge >= 0.3 is 5.97 Å². The van der Waals surface area contributed by atoms with Crippen LogP contribution in [0.15, 0.2) is 30.5 Å². The lowest BCUT2D eigenvalue weighted by molar-refractivity contribution is -0.150. The van der Waals surface area contributed by atoms with Crippen LogP contribution in [-0.2, 0) is 14.9 Å². The summed E-state index contributed by atoms with van der Waals surface area (Å²) in [4.78, 5) is 11.7. The average molecular weight is 516 g/mol. The number of methoxy groups -OCH3 is 2. The maximum absolute atomic E-state index is 16.2. The number of hydrogen-bond donors (Lipinski definition) is 2. The third kappa shape index (κ3) is 3.85. The van der Waals surface area contributed by atoms with Gasteiger partial charge in [-0.2, -0.15) is 5.10 Å². The monoisotopic (exact) mass is 515 g/mol. The Morgan fingerprint density at radius 3 is 2.70 bits per heavy atom. The zero-order chi connectivity index (χ0) is 26.7. The lowest BCUT2D eigenvalue weighted by Gasteiger charge is -2.29. The molecule has 0 radical (unpaired) electrons. The summed E-state index contributed by atoms with van der Waals surface area (Å²) in [5.74, 6) is -3.20. The molecule has 1 saturated carbocycles. The number of aromatic amines is 1. The van der Waals surface area contributed by atoms with Crippen LogP contribution in [0.1, 0.15) is 50.3 Å². The number of aromatic nitrogens is 3. The summed E-state index contributed by atoms with van der Waals surface area (Å²) in [6.07, 6.45) is 1.27. The van der Waals surface area contributed by atoms with Gasteiger partial charge in [-0.25, -0.2) is 18.0 Å². The minimum Gasteiger partial charge on any atom is -0.494 e. The molecule has 2 atom stereocenters. The van der Waals surface area contributed by atoms with Gasteiger partial charge in [0.25, 0.3) is 0 Å². The maximum atomic E-state index is 16.2. The molecule has 2 aromatic carbocycles. The number of alkyl halides is 1. The number of ether oxygens (including phenoxy) is 2. The fourth-order valence-electron chi connectivity index (χ4n) is 5.82. The number of hydrogen-bond acceptors (Lipinski definition) is 4. The number of aliphatic carboxylic acids is 1. The fourth-order valence-corrected chi connectivity index (χ4v) is 5.82. The van der Waals surface area contributed by atoms with Crippen molar-refractivity contribution < 1.29 is 32.5 Å². The van der Waals surface area contributed by atoms with Gasteiger partial charge in [-0.05, 0) is 48.9 Å². The zero-order valence-electron chi connectivity index (χ0n) is 21.0. The highest BCUT2D eigenvalue weighted by Gasteiger charge is 2.49. The van der Waals surface area contributed by atoms with Crippen molar-refractivity contribution in [1.82, 2.24) is 14.8 Å². The lowest BCUT2D eigenvalue weighted by atomic mass is 9.81. The second-order valence-corrected chi connectivity index (χ2v) is 10.4. The minimum atomic E-state index is -2.41. The molecule has 2 N–H and O–H groups in total. The maximum Gasteiger partial charge on any atom is 0.341 e. The summed E-state index contributed by atoms with van der Waals surface area (Å²) in [7, 11) is 2.91. The smallest absolute Gasteiger partial charge is 0.341 e. The Hall–Kier alpha value is -3.53. The van der Waals surface area contributed by atoms with Gasteiger partial charge in [0.1, 0.15) is 5.52 Å². The molecule has 7 nitrogen and oxygen atoms in total. The van der Waals surface area contributed by atoms with Gasteiger partial charge < -0.3 is 19.1 Å². The lowest BCUT2D eigenvalue weighted by Crippen LogP contribution is -2.31. The van der Waals surface area contributed by atoms with Crippen molar-refractivity contribution >= 4 is 27.8 Å². The zero-order valence-corrected chi connectivity index (χ0v) is 21.0. The molecule has 1 fully saturated rings. The van der Waals surface area contributed by atoms with Gasteiger partial charge in [0.15, 0.2) is 17.4 Å². The van der Waals surface area contributed by atoms with Crippen LogP contribution in [0.4, 0.5) is 13.2 Å². The van der Waals surface area contributed by atoms with Crippen LogP contribution in [0, 0.1) is 11.6 Å². The molecular formula is C27H28F3N3O4. The van der Waals surface area contributed by atoms with Crippen molar-refractivity contribution in [2.75, 3.05) is 20.8 Å². The van der Waals surface area contributed by atoms with E-state index in [1.165, 1.54) is 25.4 Å². The fraction of sp³-hybridized carbons (Fsp3) is 0.407. The number of carbonyl (C=O) groups is 1. The molecule has 0 aliphatic heterocycles. The van der Waals surface area contributed by atoms with Crippen molar-refractivity contribution in [3.8, 4) is 11.4 Å². The summed E-state index contributed by atoms with van der Waals surface area (Å²) in [6.45, 7) is 4.08. The van der Waals surface area contributed by atoms with E-state index in [0.717, 1.165) is 0 Å².